The first kappa shape index (κ1) is 17.7. The fraction of sp³-hybridized carbons (Fsp3) is 0.812. The van der Waals surface area contributed by atoms with E-state index < -0.39 is 0 Å². The van der Waals surface area contributed by atoms with Crippen LogP contribution in [0.25, 0.3) is 0 Å². The zero-order valence-corrected chi connectivity index (χ0v) is 14.6. The number of guanidine groups is 1. The predicted molar refractivity (Wildman–Crippen MR) is 91.6 cm³/mol. The van der Waals surface area contributed by atoms with Crippen LogP contribution in [0.1, 0.15) is 37.9 Å². The molecule has 0 unspecified atom stereocenters. The highest BCUT2D eigenvalue weighted by Crippen LogP contribution is 2.15. The van der Waals surface area contributed by atoms with Gasteiger partial charge < -0.3 is 20.1 Å². The number of rotatable bonds is 7. The van der Waals surface area contributed by atoms with Crippen LogP contribution in [0.3, 0.4) is 0 Å². The molecule has 1 fully saturated rings. The van der Waals surface area contributed by atoms with Crippen molar-refractivity contribution < 1.29 is 4.52 Å². The lowest BCUT2D eigenvalue weighted by atomic mass is 9.99. The molecule has 0 saturated carbocycles. The molecule has 1 aliphatic heterocycles. The summed E-state index contributed by atoms with van der Waals surface area (Å²) in [7, 11) is 1.79. The van der Waals surface area contributed by atoms with E-state index in [0.717, 1.165) is 37.9 Å². The van der Waals surface area contributed by atoms with Gasteiger partial charge in [0.15, 0.2) is 11.8 Å². The lowest BCUT2D eigenvalue weighted by Gasteiger charge is -2.30. The smallest absolute Gasteiger partial charge is 0.228 e. The van der Waals surface area contributed by atoms with Gasteiger partial charge in [-0.3, -0.25) is 4.99 Å². The van der Waals surface area contributed by atoms with Gasteiger partial charge in [0.05, 0.1) is 0 Å². The number of hydrogen-bond acceptors (Lipinski definition) is 5. The Morgan fingerprint density at radius 2 is 2.04 bits per heavy atom. The molecule has 0 spiro atoms. The number of hydrogen-bond donors (Lipinski definition) is 2. The fourth-order valence-corrected chi connectivity index (χ4v) is 2.75. The van der Waals surface area contributed by atoms with Crippen molar-refractivity contribution in [2.45, 2.75) is 39.5 Å². The topological polar surface area (TPSA) is 78.6 Å². The van der Waals surface area contributed by atoms with Gasteiger partial charge in [0.25, 0.3) is 0 Å². The van der Waals surface area contributed by atoms with Crippen LogP contribution in [-0.4, -0.2) is 60.8 Å². The molecule has 0 amide bonds. The Hall–Kier alpha value is -1.63. The average molecular weight is 322 g/mol. The van der Waals surface area contributed by atoms with Crippen molar-refractivity contribution in [3.63, 3.8) is 0 Å². The maximum atomic E-state index is 5.09. The molecule has 0 aromatic carbocycles. The molecule has 0 bridgehead atoms. The summed E-state index contributed by atoms with van der Waals surface area (Å²) in [6.45, 7) is 9.50. The third-order valence-electron chi connectivity index (χ3n) is 4.24. The van der Waals surface area contributed by atoms with Crippen molar-refractivity contribution in [2.24, 2.45) is 10.9 Å². The van der Waals surface area contributed by atoms with Gasteiger partial charge >= 0.3 is 0 Å². The number of nitrogens with zero attached hydrogens (tertiary/aromatic N) is 4. The fourth-order valence-electron chi connectivity index (χ4n) is 2.75. The highest BCUT2D eigenvalue weighted by molar-refractivity contribution is 5.79. The highest BCUT2D eigenvalue weighted by atomic mass is 16.5. The molecule has 2 rings (SSSR count). The largest absolute Gasteiger partial charge is 0.356 e. The van der Waals surface area contributed by atoms with E-state index in [-0.39, 0.29) is 0 Å². The Morgan fingerprint density at radius 1 is 1.30 bits per heavy atom. The van der Waals surface area contributed by atoms with Crippen molar-refractivity contribution >= 4 is 5.96 Å². The molecule has 0 aliphatic carbocycles. The Balaban J connectivity index is 1.54. The van der Waals surface area contributed by atoms with Gasteiger partial charge in [0, 0.05) is 26.6 Å². The number of aryl methyl sites for hydroxylation is 1. The minimum atomic E-state index is 0.657. The molecule has 1 aliphatic rings. The molecule has 0 atom stereocenters. The Kier molecular flexibility index (Phi) is 7.32. The zero-order chi connectivity index (χ0) is 16.5. The first-order valence-electron chi connectivity index (χ1n) is 8.63. The predicted octanol–water partition coefficient (Wildman–Crippen LogP) is 1.21. The summed E-state index contributed by atoms with van der Waals surface area (Å²) in [6, 6.07) is 0. The maximum Gasteiger partial charge on any atom is 0.228 e. The molecule has 130 valence electrons. The molecule has 1 aromatic rings. The quantitative estimate of drug-likeness (QED) is 0.446. The van der Waals surface area contributed by atoms with Crippen molar-refractivity contribution in [1.82, 2.24) is 25.7 Å². The molecule has 23 heavy (non-hydrogen) atoms. The van der Waals surface area contributed by atoms with E-state index >= 15 is 0 Å². The van der Waals surface area contributed by atoms with Crippen molar-refractivity contribution in [3.8, 4) is 0 Å². The minimum Gasteiger partial charge on any atom is -0.356 e. The van der Waals surface area contributed by atoms with Crippen molar-refractivity contribution in [3.05, 3.63) is 11.7 Å². The number of piperidine rings is 1. The van der Waals surface area contributed by atoms with Crippen LogP contribution < -0.4 is 10.6 Å². The highest BCUT2D eigenvalue weighted by Gasteiger charge is 2.14. The second-order valence-corrected chi connectivity index (χ2v) is 6.29. The molecule has 7 nitrogen and oxygen atoms in total. The molecule has 1 aromatic heterocycles. The zero-order valence-electron chi connectivity index (χ0n) is 14.6. The SMILES string of the molecule is CN=C(NCCCN1CCC(C)CC1)NCCc1nc(C)no1. The van der Waals surface area contributed by atoms with Crippen molar-refractivity contribution in [2.75, 3.05) is 39.8 Å². The van der Waals surface area contributed by atoms with Gasteiger partial charge in [-0.15, -0.1) is 0 Å². The van der Waals surface area contributed by atoms with Crippen LogP contribution in [0.2, 0.25) is 0 Å². The summed E-state index contributed by atoms with van der Waals surface area (Å²) < 4.78 is 5.09. The van der Waals surface area contributed by atoms with Crippen LogP contribution in [0.4, 0.5) is 0 Å². The molecular formula is C16H30N6O. The van der Waals surface area contributed by atoms with Gasteiger partial charge in [-0.25, -0.2) is 0 Å². The van der Waals surface area contributed by atoms with Crippen LogP contribution >= 0.6 is 0 Å². The van der Waals surface area contributed by atoms with Gasteiger partial charge in [0.2, 0.25) is 5.89 Å². The van der Waals surface area contributed by atoms with E-state index in [2.05, 4.69) is 37.6 Å². The second kappa shape index (κ2) is 9.50. The molecule has 1 saturated heterocycles. The summed E-state index contributed by atoms with van der Waals surface area (Å²) in [4.78, 5) is 11.0. The Labute approximate surface area is 138 Å². The maximum absolute atomic E-state index is 5.09. The summed E-state index contributed by atoms with van der Waals surface area (Å²) in [5, 5.41) is 10.4. The van der Waals surface area contributed by atoms with Gasteiger partial charge in [0.1, 0.15) is 0 Å². The number of likely N-dealkylation sites (tertiary alicyclic amines) is 1. The van der Waals surface area contributed by atoms with Gasteiger partial charge in [-0.2, -0.15) is 4.98 Å². The Morgan fingerprint density at radius 3 is 2.70 bits per heavy atom. The average Bonchev–Trinajstić information content (AvgIpc) is 2.97. The minimum absolute atomic E-state index is 0.657. The van der Waals surface area contributed by atoms with Crippen molar-refractivity contribution in [1.29, 1.82) is 0 Å². The van der Waals surface area contributed by atoms with Gasteiger partial charge in [-0.1, -0.05) is 12.1 Å². The van der Waals surface area contributed by atoms with Gasteiger partial charge in [-0.05, 0) is 51.7 Å². The first-order chi connectivity index (χ1) is 11.2. The van der Waals surface area contributed by atoms with E-state index in [1.807, 2.05) is 6.92 Å². The summed E-state index contributed by atoms with van der Waals surface area (Å²) >= 11 is 0. The third-order valence-corrected chi connectivity index (χ3v) is 4.24. The molecular weight excluding hydrogens is 292 g/mol. The van der Waals surface area contributed by atoms with Crippen LogP contribution in [-0.2, 0) is 6.42 Å². The molecule has 7 heteroatoms. The van der Waals surface area contributed by atoms with Crippen LogP contribution in [0, 0.1) is 12.8 Å². The number of aromatic nitrogens is 2. The van der Waals surface area contributed by atoms with Crippen LogP contribution in [0.15, 0.2) is 9.52 Å². The van der Waals surface area contributed by atoms with E-state index in [4.69, 9.17) is 4.52 Å². The molecule has 0 radical (unpaired) electrons. The third kappa shape index (κ3) is 6.56. The van der Waals surface area contributed by atoms with E-state index in [0.29, 0.717) is 18.1 Å². The number of nitrogens with one attached hydrogen (secondary N) is 2. The Bertz CT molecular complexity index is 479. The van der Waals surface area contributed by atoms with Crippen LogP contribution in [0.5, 0.6) is 0 Å². The van der Waals surface area contributed by atoms with E-state index in [9.17, 15) is 0 Å². The first-order valence-corrected chi connectivity index (χ1v) is 8.63. The standard InChI is InChI=1S/C16H30N6O/c1-13-6-11-22(12-7-13)10-4-8-18-16(17-3)19-9-5-15-20-14(2)21-23-15/h13H,4-12H2,1-3H3,(H2,17,18,19). The lowest BCUT2D eigenvalue weighted by Crippen LogP contribution is -2.40. The van der Waals surface area contributed by atoms with E-state index in [1.54, 1.807) is 7.05 Å². The summed E-state index contributed by atoms with van der Waals surface area (Å²) in [6.07, 6.45) is 4.52. The second-order valence-electron chi connectivity index (χ2n) is 6.29. The molecule has 2 N–H and O–H groups in total. The lowest BCUT2D eigenvalue weighted by molar-refractivity contribution is 0.191. The van der Waals surface area contributed by atoms with E-state index in [1.165, 1.54) is 25.9 Å². The molecule has 2 heterocycles. The summed E-state index contributed by atoms with van der Waals surface area (Å²) in [5.74, 6) is 3.06. The normalized spacial score (nSPS) is 17.4. The monoisotopic (exact) mass is 322 g/mol. The number of aliphatic imine (C=N–C) groups is 1. The summed E-state index contributed by atoms with van der Waals surface area (Å²) in [5.41, 5.74) is 0.